The molecule has 0 rings (SSSR count). The average molecular weight is 230 g/mol. The van der Waals surface area contributed by atoms with Gasteiger partial charge in [-0.05, 0) is 12.8 Å². The molecule has 0 saturated heterocycles. The Bertz CT molecular complexity index is 217. The summed E-state index contributed by atoms with van der Waals surface area (Å²) in [4.78, 5) is 22.2. The summed E-state index contributed by atoms with van der Waals surface area (Å²) in [6.07, 6.45) is 0.297. The van der Waals surface area contributed by atoms with Crippen LogP contribution in [0, 0.1) is 5.92 Å². The van der Waals surface area contributed by atoms with Gasteiger partial charge in [-0.3, -0.25) is 9.59 Å². The molecule has 0 bridgehead atoms. The molecule has 0 aliphatic heterocycles. The third kappa shape index (κ3) is 9.45. The fraction of sp³-hybridized carbons (Fsp3) is 0.818. The zero-order valence-electron chi connectivity index (χ0n) is 10.3. The van der Waals surface area contributed by atoms with Crippen LogP contribution in [0.3, 0.4) is 0 Å². The van der Waals surface area contributed by atoms with Gasteiger partial charge in [0.1, 0.15) is 0 Å². The summed E-state index contributed by atoms with van der Waals surface area (Å²) in [5.41, 5.74) is 0. The molecule has 5 heteroatoms. The highest BCUT2D eigenvalue weighted by molar-refractivity contribution is 5.78. The van der Waals surface area contributed by atoms with E-state index in [1.807, 2.05) is 13.8 Å². The van der Waals surface area contributed by atoms with Crippen molar-refractivity contribution >= 4 is 11.9 Å². The summed E-state index contributed by atoms with van der Waals surface area (Å²) < 4.78 is 4.75. The van der Waals surface area contributed by atoms with Crippen molar-refractivity contribution in [3.63, 3.8) is 0 Å². The highest BCUT2D eigenvalue weighted by Gasteiger charge is 2.03. The minimum atomic E-state index is -0.238. The van der Waals surface area contributed by atoms with Gasteiger partial charge in [0.05, 0.1) is 19.6 Å². The summed E-state index contributed by atoms with van der Waals surface area (Å²) in [6, 6.07) is 0. The molecule has 1 amide bonds. The van der Waals surface area contributed by atoms with Crippen LogP contribution in [0.1, 0.15) is 27.2 Å². The van der Waals surface area contributed by atoms with E-state index in [0.29, 0.717) is 32.0 Å². The quantitative estimate of drug-likeness (QED) is 0.465. The van der Waals surface area contributed by atoms with Gasteiger partial charge in [0.25, 0.3) is 0 Å². The second kappa shape index (κ2) is 9.15. The van der Waals surface area contributed by atoms with Gasteiger partial charge in [0.15, 0.2) is 0 Å². The largest absolute Gasteiger partial charge is 0.466 e. The van der Waals surface area contributed by atoms with Crippen LogP contribution in [0.2, 0.25) is 0 Å². The number of nitrogens with one attached hydrogen (secondary N) is 2. The van der Waals surface area contributed by atoms with Crippen molar-refractivity contribution in [3.8, 4) is 0 Å². The van der Waals surface area contributed by atoms with Crippen molar-refractivity contribution in [1.82, 2.24) is 10.6 Å². The van der Waals surface area contributed by atoms with Gasteiger partial charge in [-0.15, -0.1) is 0 Å². The third-order valence-corrected chi connectivity index (χ3v) is 1.80. The number of hydrogen-bond acceptors (Lipinski definition) is 4. The Kier molecular flexibility index (Phi) is 8.52. The minimum Gasteiger partial charge on any atom is -0.466 e. The lowest BCUT2D eigenvalue weighted by molar-refractivity contribution is -0.143. The smallest absolute Gasteiger partial charge is 0.307 e. The molecule has 2 N–H and O–H groups in total. The van der Waals surface area contributed by atoms with E-state index in [2.05, 4.69) is 10.6 Å². The van der Waals surface area contributed by atoms with Gasteiger partial charge in [0, 0.05) is 13.1 Å². The molecular formula is C11H22N2O3. The van der Waals surface area contributed by atoms with Gasteiger partial charge in [-0.2, -0.15) is 0 Å². The van der Waals surface area contributed by atoms with Crippen molar-refractivity contribution in [2.45, 2.75) is 27.2 Å². The lowest BCUT2D eigenvalue weighted by Gasteiger charge is -2.08. The Morgan fingerprint density at radius 3 is 2.56 bits per heavy atom. The molecule has 0 heterocycles. The van der Waals surface area contributed by atoms with E-state index in [0.717, 1.165) is 0 Å². The maximum Gasteiger partial charge on any atom is 0.307 e. The van der Waals surface area contributed by atoms with Crippen molar-refractivity contribution in [2.75, 3.05) is 26.2 Å². The van der Waals surface area contributed by atoms with Crippen LogP contribution >= 0.6 is 0 Å². The molecule has 0 fully saturated rings. The lowest BCUT2D eigenvalue weighted by Crippen LogP contribution is -2.36. The van der Waals surface area contributed by atoms with Crippen LogP contribution in [0.5, 0.6) is 0 Å². The average Bonchev–Trinajstić information content (AvgIpc) is 2.22. The normalized spacial score (nSPS) is 10.2. The van der Waals surface area contributed by atoms with Crippen LogP contribution in [0.15, 0.2) is 0 Å². The number of hydrogen-bond donors (Lipinski definition) is 2. The Morgan fingerprint density at radius 2 is 2.00 bits per heavy atom. The topological polar surface area (TPSA) is 67.4 Å². The van der Waals surface area contributed by atoms with Crippen LogP contribution in [-0.2, 0) is 14.3 Å². The monoisotopic (exact) mass is 230 g/mol. The Morgan fingerprint density at radius 1 is 1.31 bits per heavy atom. The fourth-order valence-electron chi connectivity index (χ4n) is 1.01. The van der Waals surface area contributed by atoms with E-state index in [1.54, 1.807) is 6.92 Å². The van der Waals surface area contributed by atoms with E-state index in [9.17, 15) is 9.59 Å². The predicted octanol–water partition coefficient (Wildman–Crippen LogP) is 0.301. The number of carbonyl (C=O) groups is 2. The number of esters is 1. The van der Waals surface area contributed by atoms with Gasteiger partial charge < -0.3 is 15.4 Å². The first-order valence-corrected chi connectivity index (χ1v) is 5.69. The molecule has 0 radical (unpaired) electrons. The van der Waals surface area contributed by atoms with Crippen molar-refractivity contribution < 1.29 is 14.3 Å². The molecule has 0 aromatic carbocycles. The maximum absolute atomic E-state index is 11.2. The van der Waals surface area contributed by atoms with Gasteiger partial charge >= 0.3 is 5.97 Å². The highest BCUT2D eigenvalue weighted by Crippen LogP contribution is 1.86. The molecular weight excluding hydrogens is 208 g/mol. The standard InChI is InChI=1S/C11H22N2O3/c1-4-16-11(15)5-6-12-8-10(14)13-7-9(2)3/h9,12H,4-8H2,1-3H3,(H,13,14). The molecule has 5 nitrogen and oxygen atoms in total. The zero-order chi connectivity index (χ0) is 12.4. The molecule has 0 aromatic heterocycles. The maximum atomic E-state index is 11.2. The van der Waals surface area contributed by atoms with Crippen molar-refractivity contribution in [1.29, 1.82) is 0 Å². The molecule has 0 atom stereocenters. The molecule has 0 aromatic rings. The first-order valence-electron chi connectivity index (χ1n) is 5.69. The number of carbonyl (C=O) groups excluding carboxylic acids is 2. The fourth-order valence-corrected chi connectivity index (χ4v) is 1.01. The van der Waals surface area contributed by atoms with E-state index >= 15 is 0 Å². The van der Waals surface area contributed by atoms with Gasteiger partial charge in [-0.1, -0.05) is 13.8 Å². The first kappa shape index (κ1) is 14.9. The van der Waals surface area contributed by atoms with Crippen LogP contribution in [0.25, 0.3) is 0 Å². The molecule has 16 heavy (non-hydrogen) atoms. The zero-order valence-corrected chi connectivity index (χ0v) is 10.3. The van der Waals surface area contributed by atoms with Crippen LogP contribution < -0.4 is 10.6 Å². The summed E-state index contributed by atoms with van der Waals surface area (Å²) in [7, 11) is 0. The van der Waals surface area contributed by atoms with Crippen molar-refractivity contribution in [3.05, 3.63) is 0 Å². The summed E-state index contributed by atoms with van der Waals surface area (Å²) in [5.74, 6) is 0.165. The SMILES string of the molecule is CCOC(=O)CCNCC(=O)NCC(C)C. The molecule has 0 spiro atoms. The molecule has 0 unspecified atom stereocenters. The molecule has 0 aliphatic carbocycles. The summed E-state index contributed by atoms with van der Waals surface area (Å²) in [6.45, 7) is 7.62. The second-order valence-corrected chi connectivity index (χ2v) is 3.93. The van der Waals surface area contributed by atoms with Gasteiger partial charge in [0.2, 0.25) is 5.91 Å². The van der Waals surface area contributed by atoms with E-state index < -0.39 is 0 Å². The second-order valence-electron chi connectivity index (χ2n) is 3.93. The van der Waals surface area contributed by atoms with Crippen LogP contribution in [0.4, 0.5) is 0 Å². The Hall–Kier alpha value is -1.10. The van der Waals surface area contributed by atoms with Crippen molar-refractivity contribution in [2.24, 2.45) is 5.92 Å². The number of amides is 1. The van der Waals surface area contributed by atoms with Crippen LogP contribution in [-0.4, -0.2) is 38.1 Å². The predicted molar refractivity (Wildman–Crippen MR) is 62.0 cm³/mol. The molecule has 0 saturated carbocycles. The first-order chi connectivity index (χ1) is 7.56. The lowest BCUT2D eigenvalue weighted by atomic mass is 10.2. The summed E-state index contributed by atoms with van der Waals surface area (Å²) in [5, 5.41) is 5.66. The molecule has 0 aliphatic rings. The summed E-state index contributed by atoms with van der Waals surface area (Å²) >= 11 is 0. The Balaban J connectivity index is 3.37. The van der Waals surface area contributed by atoms with Gasteiger partial charge in [-0.25, -0.2) is 0 Å². The third-order valence-electron chi connectivity index (χ3n) is 1.80. The molecule has 94 valence electrons. The highest BCUT2D eigenvalue weighted by atomic mass is 16.5. The Labute approximate surface area is 96.9 Å². The van der Waals surface area contributed by atoms with E-state index in [4.69, 9.17) is 4.74 Å². The van der Waals surface area contributed by atoms with E-state index in [-0.39, 0.29) is 18.4 Å². The number of ether oxygens (including phenoxy) is 1. The number of rotatable bonds is 8. The van der Waals surface area contributed by atoms with E-state index in [1.165, 1.54) is 0 Å². The minimum absolute atomic E-state index is 0.0439.